The number of rotatable bonds is 7. The highest BCUT2D eigenvalue weighted by Gasteiger charge is 2.35. The number of phenols is 1. The number of likely N-dealkylation sites (tertiary alicyclic amines) is 1. The molecule has 1 heterocycles. The molecule has 1 fully saturated rings. The van der Waals surface area contributed by atoms with Crippen LogP contribution in [0.2, 0.25) is 0 Å². The van der Waals surface area contributed by atoms with Crippen molar-refractivity contribution in [3.8, 4) is 11.5 Å². The van der Waals surface area contributed by atoms with Crippen LogP contribution in [0.15, 0.2) is 72.8 Å². The molecule has 4 rings (SSSR count). The average Bonchev–Trinajstić information content (AvgIpc) is 3.14. The van der Waals surface area contributed by atoms with Crippen molar-refractivity contribution in [1.29, 1.82) is 0 Å². The van der Waals surface area contributed by atoms with Gasteiger partial charge in [0, 0.05) is 18.7 Å². The molecule has 0 spiro atoms. The number of amides is 2. The quantitative estimate of drug-likeness (QED) is 0.358. The zero-order chi connectivity index (χ0) is 30.3. The lowest BCUT2D eigenvalue weighted by Gasteiger charge is -2.30. The Morgan fingerprint density at radius 1 is 1.02 bits per heavy atom. The Kier molecular flexibility index (Phi) is 9.67. The molecule has 2 atom stereocenters. The van der Waals surface area contributed by atoms with Gasteiger partial charge in [-0.15, -0.1) is 0 Å². The summed E-state index contributed by atoms with van der Waals surface area (Å²) in [6.07, 6.45) is -0.624. The van der Waals surface area contributed by atoms with Gasteiger partial charge in [-0.2, -0.15) is 0 Å². The first-order valence-corrected chi connectivity index (χ1v) is 13.7. The Morgan fingerprint density at radius 2 is 1.74 bits per heavy atom. The summed E-state index contributed by atoms with van der Waals surface area (Å²) < 4.78 is 31.5. The van der Waals surface area contributed by atoms with E-state index in [0.29, 0.717) is 19.4 Å². The Balaban J connectivity index is 1.55. The maximum atomic E-state index is 14.3. The topological polar surface area (TPSA) is 114 Å². The molecule has 0 aliphatic carbocycles. The summed E-state index contributed by atoms with van der Waals surface area (Å²) in [6.45, 7) is 5.76. The Labute approximate surface area is 244 Å². The fourth-order valence-electron chi connectivity index (χ4n) is 4.49. The van der Waals surface area contributed by atoms with E-state index < -0.39 is 41.5 Å². The van der Waals surface area contributed by atoms with Gasteiger partial charge in [0.15, 0.2) is 0 Å². The van der Waals surface area contributed by atoms with Crippen LogP contribution in [-0.4, -0.2) is 58.8 Å². The molecule has 0 aromatic heterocycles. The largest absolute Gasteiger partial charge is 0.508 e. The minimum Gasteiger partial charge on any atom is -0.508 e. The van der Waals surface area contributed by atoms with Crippen LogP contribution in [0.25, 0.3) is 0 Å². The summed E-state index contributed by atoms with van der Waals surface area (Å²) in [5.41, 5.74) is 0.313. The van der Waals surface area contributed by atoms with Crippen LogP contribution in [0.4, 0.5) is 9.18 Å². The predicted octanol–water partition coefficient (Wildman–Crippen LogP) is 5.47. The lowest BCUT2D eigenvalue weighted by atomic mass is 10.1. The van der Waals surface area contributed by atoms with Crippen molar-refractivity contribution in [3.05, 3.63) is 95.3 Å². The molecule has 0 radical (unpaired) electrons. The van der Waals surface area contributed by atoms with Crippen LogP contribution in [0.5, 0.6) is 11.5 Å². The normalized spacial score (nSPS) is 17.1. The van der Waals surface area contributed by atoms with E-state index in [9.17, 15) is 23.9 Å². The molecule has 222 valence electrons. The number of carbonyl (C=O) groups excluding carboxylic acids is 3. The Morgan fingerprint density at radius 3 is 2.43 bits per heavy atom. The number of halogens is 1. The number of hydrogen-bond donors (Lipinski definition) is 2. The number of ether oxygens (including phenoxy) is 3. The van der Waals surface area contributed by atoms with E-state index in [-0.39, 0.29) is 35.8 Å². The minimum absolute atomic E-state index is 0.00399. The molecule has 3 aromatic rings. The van der Waals surface area contributed by atoms with Gasteiger partial charge >= 0.3 is 12.1 Å². The second kappa shape index (κ2) is 13.4. The van der Waals surface area contributed by atoms with Gasteiger partial charge in [-0.1, -0.05) is 30.3 Å². The molecule has 1 saturated heterocycles. The molecule has 2 N–H and O–H groups in total. The molecular weight excluding hydrogens is 543 g/mol. The minimum atomic E-state index is -0.851. The molecule has 0 bridgehead atoms. The third-order valence-corrected chi connectivity index (χ3v) is 6.54. The van der Waals surface area contributed by atoms with Crippen molar-refractivity contribution in [1.82, 2.24) is 10.2 Å². The van der Waals surface area contributed by atoms with Gasteiger partial charge < -0.3 is 29.5 Å². The van der Waals surface area contributed by atoms with Gasteiger partial charge in [0.05, 0.1) is 6.04 Å². The van der Waals surface area contributed by atoms with Crippen molar-refractivity contribution in [2.45, 2.75) is 58.0 Å². The van der Waals surface area contributed by atoms with Crippen LogP contribution < -0.4 is 10.1 Å². The van der Waals surface area contributed by atoms with E-state index in [0.717, 1.165) is 11.6 Å². The SMILES string of the molecule is CC(C)(C)OC(=O)N1CCC[C@@H](OC(=O)c2cc(F)ccc2OCc2ccccc2)[C@H](NC(=O)c2ccc(O)cc2)C1. The van der Waals surface area contributed by atoms with Gasteiger partial charge in [-0.05, 0) is 81.6 Å². The molecule has 10 heteroatoms. The average molecular weight is 579 g/mol. The number of phenolic OH excluding ortho intramolecular Hbond substituents is 1. The van der Waals surface area contributed by atoms with Crippen molar-refractivity contribution in [3.63, 3.8) is 0 Å². The summed E-state index contributed by atoms with van der Waals surface area (Å²) in [5.74, 6) is -1.78. The highest BCUT2D eigenvalue weighted by molar-refractivity contribution is 5.95. The van der Waals surface area contributed by atoms with Crippen LogP contribution >= 0.6 is 0 Å². The van der Waals surface area contributed by atoms with Crippen LogP contribution in [0.3, 0.4) is 0 Å². The monoisotopic (exact) mass is 578 g/mol. The summed E-state index contributed by atoms with van der Waals surface area (Å²) in [5, 5.41) is 12.5. The van der Waals surface area contributed by atoms with Crippen molar-refractivity contribution in [2.75, 3.05) is 13.1 Å². The molecule has 3 aromatic carbocycles. The van der Waals surface area contributed by atoms with E-state index in [2.05, 4.69) is 5.32 Å². The van der Waals surface area contributed by atoms with E-state index in [1.54, 1.807) is 20.8 Å². The number of carbonyl (C=O) groups is 3. The van der Waals surface area contributed by atoms with E-state index >= 15 is 0 Å². The number of hydrogen-bond acceptors (Lipinski definition) is 7. The van der Waals surface area contributed by atoms with E-state index in [4.69, 9.17) is 14.2 Å². The van der Waals surface area contributed by atoms with Gasteiger partial charge in [0.1, 0.15) is 41.2 Å². The third kappa shape index (κ3) is 8.45. The lowest BCUT2D eigenvalue weighted by Crippen LogP contribution is -2.51. The highest BCUT2D eigenvalue weighted by Crippen LogP contribution is 2.25. The zero-order valence-corrected chi connectivity index (χ0v) is 23.8. The molecule has 0 unspecified atom stereocenters. The summed E-state index contributed by atoms with van der Waals surface area (Å²) in [4.78, 5) is 41.0. The standard InChI is InChI=1S/C32H35FN2O7/c1-32(2,3)42-31(39)35-17-7-10-28(26(19-35)34-29(37)22-11-14-24(36)15-12-22)41-30(38)25-18-23(33)13-16-27(25)40-20-21-8-5-4-6-9-21/h4-6,8-9,11-16,18,26,28,36H,7,10,17,19-20H2,1-3H3,(H,34,37)/t26-,28-/m1/s1. The first kappa shape index (κ1) is 30.4. The summed E-state index contributed by atoms with van der Waals surface area (Å²) >= 11 is 0. The number of aromatic hydroxyl groups is 1. The second-order valence-electron chi connectivity index (χ2n) is 11.1. The van der Waals surface area contributed by atoms with Crippen LogP contribution in [0.1, 0.15) is 59.9 Å². The molecule has 42 heavy (non-hydrogen) atoms. The Bertz CT molecular complexity index is 1390. The molecule has 2 amide bonds. The third-order valence-electron chi connectivity index (χ3n) is 6.54. The van der Waals surface area contributed by atoms with Crippen LogP contribution in [0, 0.1) is 5.82 Å². The molecule has 9 nitrogen and oxygen atoms in total. The van der Waals surface area contributed by atoms with Gasteiger partial charge in [-0.25, -0.2) is 14.0 Å². The number of nitrogens with zero attached hydrogens (tertiary/aromatic N) is 1. The highest BCUT2D eigenvalue weighted by atomic mass is 19.1. The van der Waals surface area contributed by atoms with Gasteiger partial charge in [0.25, 0.3) is 5.91 Å². The number of esters is 1. The lowest BCUT2D eigenvalue weighted by molar-refractivity contribution is 0.0124. The van der Waals surface area contributed by atoms with E-state index in [1.807, 2.05) is 30.3 Å². The van der Waals surface area contributed by atoms with Crippen LogP contribution in [-0.2, 0) is 16.1 Å². The Hall–Kier alpha value is -4.60. The van der Waals surface area contributed by atoms with Crippen molar-refractivity contribution >= 4 is 18.0 Å². The van der Waals surface area contributed by atoms with Crippen molar-refractivity contribution < 1.29 is 38.1 Å². The molecule has 1 aliphatic rings. The summed E-state index contributed by atoms with van der Waals surface area (Å²) in [6, 6.07) is 17.8. The fraction of sp³-hybridized carbons (Fsp3) is 0.344. The molecule has 0 saturated carbocycles. The first-order chi connectivity index (χ1) is 20.0. The van der Waals surface area contributed by atoms with Gasteiger partial charge in [-0.3, -0.25) is 4.79 Å². The molecule has 1 aliphatic heterocycles. The first-order valence-electron chi connectivity index (χ1n) is 13.7. The zero-order valence-electron chi connectivity index (χ0n) is 23.8. The van der Waals surface area contributed by atoms with Crippen molar-refractivity contribution in [2.24, 2.45) is 0 Å². The smallest absolute Gasteiger partial charge is 0.410 e. The maximum absolute atomic E-state index is 14.3. The fourth-order valence-corrected chi connectivity index (χ4v) is 4.49. The van der Waals surface area contributed by atoms with Gasteiger partial charge in [0.2, 0.25) is 0 Å². The predicted molar refractivity (Wildman–Crippen MR) is 153 cm³/mol. The molecular formula is C32H35FN2O7. The van der Waals surface area contributed by atoms with E-state index in [1.165, 1.54) is 41.3 Å². The number of benzene rings is 3. The number of nitrogens with one attached hydrogen (secondary N) is 1. The maximum Gasteiger partial charge on any atom is 0.410 e. The second-order valence-corrected chi connectivity index (χ2v) is 11.1. The summed E-state index contributed by atoms with van der Waals surface area (Å²) in [7, 11) is 0.